The van der Waals surface area contributed by atoms with Crippen LogP contribution in [0.4, 0.5) is 0 Å². The van der Waals surface area contributed by atoms with Gasteiger partial charge >= 0.3 is 0 Å². The Labute approximate surface area is 733 Å². The molecule has 6 aromatic heterocycles. The molecule has 0 bridgehead atoms. The summed E-state index contributed by atoms with van der Waals surface area (Å²) in [5, 5.41) is 6.56. The van der Waals surface area contributed by atoms with Gasteiger partial charge in [-0.2, -0.15) is 0 Å². The highest BCUT2D eigenvalue weighted by Gasteiger charge is 2.40. The first kappa shape index (κ1) is 75.9. The zero-order valence-electron chi connectivity index (χ0n) is 70.9. The minimum atomic E-state index is -0.0938. The van der Waals surface area contributed by atoms with Gasteiger partial charge in [-0.15, -0.1) is 0 Å². The van der Waals surface area contributed by atoms with E-state index >= 15 is 0 Å². The lowest BCUT2D eigenvalue weighted by Crippen LogP contribution is -2.14. The van der Waals surface area contributed by atoms with Gasteiger partial charge in [0.2, 0.25) is 0 Å². The van der Waals surface area contributed by atoms with Crippen LogP contribution in [0.15, 0.2) is 377 Å². The molecule has 0 N–H and O–H groups in total. The van der Waals surface area contributed by atoms with Crippen molar-refractivity contribution in [3.8, 4) is 147 Å². The Balaban J connectivity index is 0.000000110. The van der Waals surface area contributed by atoms with Gasteiger partial charge in [0.05, 0.1) is 11.1 Å². The number of furan rings is 3. The van der Waals surface area contributed by atoms with Crippen molar-refractivity contribution in [1.82, 2.24) is 44.9 Å². The molecular formula is C115H81N9O3. The number of benzene rings is 16. The number of para-hydroxylation sites is 3. The largest absolute Gasteiger partial charge is 0.455 e. The van der Waals surface area contributed by atoms with Crippen LogP contribution < -0.4 is 0 Å². The maximum absolute atomic E-state index is 6.71. The van der Waals surface area contributed by atoms with Crippen molar-refractivity contribution < 1.29 is 13.3 Å². The number of hydrogen-bond acceptors (Lipinski definition) is 12. The van der Waals surface area contributed by atoms with E-state index in [1.54, 1.807) is 0 Å². The number of fused-ring (bicyclic) bond motifs is 18. The first-order valence-electron chi connectivity index (χ1n) is 43.1. The van der Waals surface area contributed by atoms with Gasteiger partial charge in [-0.05, 0) is 140 Å². The van der Waals surface area contributed by atoms with E-state index in [0.29, 0.717) is 52.4 Å². The van der Waals surface area contributed by atoms with Crippen molar-refractivity contribution in [3.63, 3.8) is 0 Å². The lowest BCUT2D eigenvalue weighted by atomic mass is 9.82. The molecule has 0 saturated carbocycles. The molecule has 12 heteroatoms. The van der Waals surface area contributed by atoms with Crippen LogP contribution >= 0.6 is 0 Å². The van der Waals surface area contributed by atoms with E-state index in [2.05, 4.69) is 237 Å². The molecule has 0 unspecified atom stereocenters. The molecule has 0 aliphatic heterocycles. The standard InChI is InChI=1S/C42H29N3O.C37H27N3O.C36H25N3O/c1-42(2)35-22-10-9-19-31(35)33-24-34-32-21-12-20-30(38(32)46-37(34)25-36(33)42)28-17-11-18-29(23-28)41-44-39(26-13-5-3-6-14-26)43-40(45-41)27-15-7-4-8-16-27;1-22-11-9-14-24(19-22)35-38-34(23-12-5-4-6-13-23)39-36(40-35)27-17-10-16-26-29-20-28-25-15-7-8-18-30(25)37(2,3)31(28)21-32(29)41-33(26)27;1-36(2)29-19-10-9-16-24(29)27-20-28-25-17-11-18-26(32(25)40-31(28)21-30(27)36)35-38-33(22-12-5-3-6-13-22)37-34(39-35)23-14-7-4-8-15-23/h3-25H,1-2H3;4-21H,1-3H3;3-21H,1-2H3. The fraction of sp³-hybridized carbons (Fsp3) is 0.0870. The van der Waals surface area contributed by atoms with E-state index in [1.807, 2.05) is 176 Å². The van der Waals surface area contributed by atoms with E-state index in [4.69, 9.17) is 58.1 Å². The molecule has 3 aliphatic carbocycles. The van der Waals surface area contributed by atoms with Gasteiger partial charge in [-0.25, -0.2) is 44.9 Å². The van der Waals surface area contributed by atoms with E-state index in [0.717, 1.165) is 133 Å². The molecule has 0 fully saturated rings. The van der Waals surface area contributed by atoms with Gasteiger partial charge in [0.15, 0.2) is 52.4 Å². The summed E-state index contributed by atoms with van der Waals surface area (Å²) in [5.74, 6) is 5.65. The van der Waals surface area contributed by atoms with Gasteiger partial charge < -0.3 is 13.3 Å². The van der Waals surface area contributed by atoms with Crippen LogP contribution in [0.2, 0.25) is 0 Å². The maximum Gasteiger partial charge on any atom is 0.167 e. The zero-order chi connectivity index (χ0) is 85.4. The Morgan fingerprint density at radius 1 is 0.173 bits per heavy atom. The molecule has 12 nitrogen and oxygen atoms in total. The van der Waals surface area contributed by atoms with Gasteiger partial charge in [-0.3, -0.25) is 0 Å². The molecule has 0 amide bonds. The topological polar surface area (TPSA) is 155 Å². The summed E-state index contributed by atoms with van der Waals surface area (Å²) < 4.78 is 20.0. The summed E-state index contributed by atoms with van der Waals surface area (Å²) in [4.78, 5) is 44.4. The van der Waals surface area contributed by atoms with E-state index in [-0.39, 0.29) is 16.2 Å². The van der Waals surface area contributed by atoms with Crippen LogP contribution in [0.5, 0.6) is 0 Å². The molecule has 22 aromatic rings. The summed E-state index contributed by atoms with van der Waals surface area (Å²) in [6.45, 7) is 15.8. The summed E-state index contributed by atoms with van der Waals surface area (Å²) in [7, 11) is 0. The van der Waals surface area contributed by atoms with Crippen molar-refractivity contribution in [2.24, 2.45) is 0 Å². The number of aromatic nitrogens is 9. The molecule has 0 spiro atoms. The Morgan fingerprint density at radius 3 is 0.748 bits per heavy atom. The number of nitrogens with zero attached hydrogens (tertiary/aromatic N) is 9. The lowest BCUT2D eigenvalue weighted by Gasteiger charge is -2.21. The summed E-state index contributed by atoms with van der Waals surface area (Å²) in [6.07, 6.45) is 0. The van der Waals surface area contributed by atoms with Crippen LogP contribution in [-0.2, 0) is 16.2 Å². The number of hydrogen-bond donors (Lipinski definition) is 0. The molecule has 25 rings (SSSR count). The number of aryl methyl sites for hydroxylation is 1. The fourth-order valence-corrected chi connectivity index (χ4v) is 19.4. The van der Waals surface area contributed by atoms with Crippen LogP contribution in [-0.4, -0.2) is 44.9 Å². The quantitative estimate of drug-likeness (QED) is 0.128. The average Bonchev–Trinajstić information content (AvgIpc) is 1.57. The van der Waals surface area contributed by atoms with Crippen LogP contribution in [0.1, 0.15) is 80.5 Å². The number of rotatable bonds is 10. The molecule has 604 valence electrons. The van der Waals surface area contributed by atoms with Gasteiger partial charge in [0, 0.05) is 93.1 Å². The first-order chi connectivity index (χ1) is 62.1. The summed E-state index contributed by atoms with van der Waals surface area (Å²) in [6, 6.07) is 126. The SMILES string of the molecule is CC1(C)c2ccccc2-c2cc3c(cc21)oc1c(-c2cccc(-c4nc(-c5ccccc5)nc(-c5ccccc5)n4)c2)cccc13.CC1(C)c2ccccc2-c2cc3c(cc21)oc1c(-c2nc(-c4ccccc4)nc(-c4ccccc4)n2)cccc13.Cc1cccc(-c2nc(-c3ccccc3)nc(-c3cccc4c3oc3cc5c(cc34)-c3ccccc3C5(C)C)n2)c1. The molecule has 0 atom stereocenters. The van der Waals surface area contributed by atoms with Crippen molar-refractivity contribution in [2.75, 3.05) is 0 Å². The van der Waals surface area contributed by atoms with E-state index < -0.39 is 0 Å². The third kappa shape index (κ3) is 12.9. The van der Waals surface area contributed by atoms with Crippen LogP contribution in [0, 0.1) is 6.92 Å². The zero-order valence-corrected chi connectivity index (χ0v) is 70.9. The van der Waals surface area contributed by atoms with Crippen molar-refractivity contribution in [3.05, 3.63) is 403 Å². The Kier molecular flexibility index (Phi) is 17.9. The summed E-state index contributed by atoms with van der Waals surface area (Å²) in [5.41, 5.74) is 32.1. The van der Waals surface area contributed by atoms with Crippen molar-refractivity contribution in [1.29, 1.82) is 0 Å². The fourth-order valence-electron chi connectivity index (χ4n) is 19.4. The van der Waals surface area contributed by atoms with Gasteiger partial charge in [0.25, 0.3) is 0 Å². The van der Waals surface area contributed by atoms with Gasteiger partial charge in [-0.1, -0.05) is 350 Å². The van der Waals surface area contributed by atoms with Crippen molar-refractivity contribution in [2.45, 2.75) is 64.7 Å². The molecule has 127 heavy (non-hydrogen) atoms. The summed E-state index contributed by atoms with van der Waals surface area (Å²) >= 11 is 0. The minimum Gasteiger partial charge on any atom is -0.455 e. The maximum atomic E-state index is 6.71. The smallest absolute Gasteiger partial charge is 0.167 e. The highest BCUT2D eigenvalue weighted by molar-refractivity contribution is 6.14. The highest BCUT2D eigenvalue weighted by atomic mass is 16.3. The second-order valence-corrected chi connectivity index (χ2v) is 34.7. The Hall–Kier alpha value is -16.1. The average molecular weight is 1640 g/mol. The lowest BCUT2D eigenvalue weighted by molar-refractivity contribution is 0.647. The van der Waals surface area contributed by atoms with Crippen molar-refractivity contribution >= 4 is 65.8 Å². The Bertz CT molecular complexity index is 8060. The van der Waals surface area contributed by atoms with E-state index in [9.17, 15) is 0 Å². The predicted molar refractivity (Wildman–Crippen MR) is 513 cm³/mol. The second-order valence-electron chi connectivity index (χ2n) is 34.7. The normalized spacial score (nSPS) is 13.3. The third-order valence-corrected chi connectivity index (χ3v) is 25.9. The monoisotopic (exact) mass is 1640 g/mol. The third-order valence-electron chi connectivity index (χ3n) is 25.9. The molecular weight excluding hydrogens is 1560 g/mol. The molecule has 0 saturated heterocycles. The Morgan fingerprint density at radius 2 is 0.417 bits per heavy atom. The molecule has 0 radical (unpaired) electrons. The van der Waals surface area contributed by atoms with Gasteiger partial charge in [0.1, 0.15) is 33.5 Å². The first-order valence-corrected chi connectivity index (χ1v) is 43.1. The predicted octanol–water partition coefficient (Wildman–Crippen LogP) is 29.2. The van der Waals surface area contributed by atoms with E-state index in [1.165, 1.54) is 66.8 Å². The minimum absolute atomic E-state index is 0.0853. The van der Waals surface area contributed by atoms with Crippen LogP contribution in [0.3, 0.4) is 0 Å². The second kappa shape index (κ2) is 29.9. The molecule has 3 aliphatic rings. The molecule has 16 aromatic carbocycles. The molecule has 6 heterocycles. The highest BCUT2D eigenvalue weighted by Crippen LogP contribution is 2.55. The van der Waals surface area contributed by atoms with Crippen LogP contribution in [0.25, 0.3) is 213 Å².